The fourth-order valence-corrected chi connectivity index (χ4v) is 3.25. The molecule has 0 bridgehead atoms. The highest BCUT2D eigenvalue weighted by Gasteiger charge is 2.18. The Bertz CT molecular complexity index is 799. The molecule has 0 spiro atoms. The quantitative estimate of drug-likeness (QED) is 0.791. The van der Waals surface area contributed by atoms with Crippen molar-refractivity contribution >= 4 is 31.9 Å². The minimum absolute atomic E-state index is 0.00179. The van der Waals surface area contributed by atoms with Crippen molar-refractivity contribution in [2.45, 2.75) is 31.3 Å². The van der Waals surface area contributed by atoms with Crippen LogP contribution in [-0.4, -0.2) is 20.4 Å². The fraction of sp³-hybridized carbons (Fsp3) is 0.235. The summed E-state index contributed by atoms with van der Waals surface area (Å²) in [4.78, 5) is 12.0. The summed E-state index contributed by atoms with van der Waals surface area (Å²) in [5.41, 5.74) is 0.728. The van der Waals surface area contributed by atoms with Gasteiger partial charge in [0.2, 0.25) is 5.91 Å². The molecule has 0 aromatic heterocycles. The average molecular weight is 412 g/mol. The summed E-state index contributed by atoms with van der Waals surface area (Å²) in [5, 5.41) is 0. The molecular weight excluding hydrogens is 394 g/mol. The van der Waals surface area contributed by atoms with Crippen molar-refractivity contribution in [1.82, 2.24) is 4.72 Å². The first-order valence-electron chi connectivity index (χ1n) is 7.33. The molecule has 1 amide bonds. The van der Waals surface area contributed by atoms with Gasteiger partial charge in [-0.25, -0.2) is 13.1 Å². The van der Waals surface area contributed by atoms with Crippen molar-refractivity contribution in [3.63, 3.8) is 0 Å². The number of ether oxygens (including phenoxy) is 1. The summed E-state index contributed by atoms with van der Waals surface area (Å²) < 4.78 is 32.9. The van der Waals surface area contributed by atoms with Gasteiger partial charge in [0, 0.05) is 4.47 Å². The van der Waals surface area contributed by atoms with Crippen LogP contribution in [0.15, 0.2) is 57.9 Å². The van der Waals surface area contributed by atoms with Gasteiger partial charge in [-0.3, -0.25) is 4.79 Å². The molecule has 0 radical (unpaired) electrons. The van der Waals surface area contributed by atoms with Crippen molar-refractivity contribution in [2.24, 2.45) is 0 Å². The van der Waals surface area contributed by atoms with E-state index in [2.05, 4.69) is 20.7 Å². The summed E-state index contributed by atoms with van der Waals surface area (Å²) in [5.74, 6) is -0.00929. The van der Waals surface area contributed by atoms with E-state index >= 15 is 0 Å². The first kappa shape index (κ1) is 18.5. The fourth-order valence-electron chi connectivity index (χ4n) is 2.00. The first-order valence-corrected chi connectivity index (χ1v) is 9.61. The van der Waals surface area contributed by atoms with E-state index in [1.54, 1.807) is 36.4 Å². The van der Waals surface area contributed by atoms with Crippen LogP contribution in [0.3, 0.4) is 0 Å². The van der Waals surface area contributed by atoms with Crippen molar-refractivity contribution in [3.05, 3.63) is 58.6 Å². The number of carbonyl (C=O) groups excluding carboxylic acids is 1. The van der Waals surface area contributed by atoms with Gasteiger partial charge in [-0.2, -0.15) is 0 Å². The molecule has 2 rings (SSSR count). The molecule has 0 heterocycles. The van der Waals surface area contributed by atoms with Crippen LogP contribution >= 0.6 is 15.9 Å². The second-order valence-electron chi connectivity index (χ2n) is 5.47. The second-order valence-corrected chi connectivity index (χ2v) is 8.07. The predicted molar refractivity (Wildman–Crippen MR) is 95.4 cm³/mol. The largest absolute Gasteiger partial charge is 0.491 e. The Morgan fingerprint density at radius 2 is 1.67 bits per heavy atom. The molecule has 0 saturated carbocycles. The van der Waals surface area contributed by atoms with Gasteiger partial charge in [0.05, 0.1) is 17.4 Å². The highest BCUT2D eigenvalue weighted by molar-refractivity contribution is 9.10. The van der Waals surface area contributed by atoms with Crippen molar-refractivity contribution in [1.29, 1.82) is 0 Å². The van der Waals surface area contributed by atoms with Crippen LogP contribution in [0.4, 0.5) is 0 Å². The standard InChI is InChI=1S/C17H18BrNO4S/c1-12(2)23-15-7-9-16(10-8-15)24(21,22)19-17(20)11-13-3-5-14(18)6-4-13/h3-10,12H,11H2,1-2H3,(H,19,20). The van der Waals surface area contributed by atoms with Crippen LogP contribution in [0.1, 0.15) is 19.4 Å². The van der Waals surface area contributed by atoms with E-state index < -0.39 is 15.9 Å². The normalized spacial score (nSPS) is 11.3. The molecule has 128 valence electrons. The lowest BCUT2D eigenvalue weighted by Crippen LogP contribution is -2.31. The number of hydrogen-bond donors (Lipinski definition) is 1. The summed E-state index contributed by atoms with van der Waals surface area (Å²) >= 11 is 3.30. The van der Waals surface area contributed by atoms with Crippen LogP contribution in [0.25, 0.3) is 0 Å². The predicted octanol–water partition coefficient (Wildman–Crippen LogP) is 3.28. The molecule has 0 unspecified atom stereocenters. The van der Waals surface area contributed by atoms with Crippen LogP contribution in [0.2, 0.25) is 0 Å². The molecule has 0 atom stereocenters. The molecule has 5 nitrogen and oxygen atoms in total. The molecule has 24 heavy (non-hydrogen) atoms. The number of halogens is 1. The van der Waals surface area contributed by atoms with Gasteiger partial charge in [-0.05, 0) is 55.8 Å². The van der Waals surface area contributed by atoms with Crippen LogP contribution in [0, 0.1) is 0 Å². The average Bonchev–Trinajstić information content (AvgIpc) is 2.49. The Morgan fingerprint density at radius 3 is 2.21 bits per heavy atom. The van der Waals surface area contributed by atoms with E-state index in [1.165, 1.54) is 12.1 Å². The zero-order valence-electron chi connectivity index (χ0n) is 13.3. The monoisotopic (exact) mass is 411 g/mol. The molecule has 0 fully saturated rings. The van der Waals surface area contributed by atoms with Gasteiger partial charge in [-0.15, -0.1) is 0 Å². The molecule has 7 heteroatoms. The third-order valence-corrected chi connectivity index (χ3v) is 4.95. The van der Waals surface area contributed by atoms with Crippen molar-refractivity contribution < 1.29 is 17.9 Å². The molecule has 1 N–H and O–H groups in total. The zero-order chi connectivity index (χ0) is 17.7. The molecule has 2 aromatic rings. The lowest BCUT2D eigenvalue weighted by atomic mass is 10.1. The number of amides is 1. The maximum Gasteiger partial charge on any atom is 0.264 e. The number of rotatable bonds is 6. The summed E-state index contributed by atoms with van der Waals surface area (Å²) in [7, 11) is -3.90. The third kappa shape index (κ3) is 5.35. The van der Waals surface area contributed by atoms with Gasteiger partial charge in [0.25, 0.3) is 10.0 Å². The van der Waals surface area contributed by atoms with Gasteiger partial charge in [0.1, 0.15) is 5.75 Å². The Kier molecular flexibility index (Phi) is 6.01. The maximum atomic E-state index is 12.2. The maximum absolute atomic E-state index is 12.2. The van der Waals surface area contributed by atoms with Crippen LogP contribution in [0.5, 0.6) is 5.75 Å². The van der Waals surface area contributed by atoms with E-state index in [4.69, 9.17) is 4.74 Å². The molecule has 0 aliphatic heterocycles. The van der Waals surface area contributed by atoms with E-state index in [0.717, 1.165) is 10.0 Å². The Morgan fingerprint density at radius 1 is 1.08 bits per heavy atom. The second kappa shape index (κ2) is 7.81. The molecule has 2 aromatic carbocycles. The number of sulfonamides is 1. The molecule has 0 aliphatic carbocycles. The van der Waals surface area contributed by atoms with Gasteiger partial charge in [-0.1, -0.05) is 28.1 Å². The van der Waals surface area contributed by atoms with Gasteiger partial charge < -0.3 is 4.74 Å². The minimum Gasteiger partial charge on any atom is -0.491 e. The molecule has 0 aliphatic rings. The van der Waals surface area contributed by atoms with Crippen LogP contribution < -0.4 is 9.46 Å². The SMILES string of the molecule is CC(C)Oc1ccc(S(=O)(=O)NC(=O)Cc2ccc(Br)cc2)cc1. The highest BCUT2D eigenvalue weighted by Crippen LogP contribution is 2.17. The summed E-state index contributed by atoms with van der Waals surface area (Å²) in [6.45, 7) is 3.76. The summed E-state index contributed by atoms with van der Waals surface area (Å²) in [6, 6.07) is 13.1. The number of nitrogens with one attached hydrogen (secondary N) is 1. The van der Waals surface area contributed by atoms with Crippen LogP contribution in [-0.2, 0) is 21.2 Å². The van der Waals surface area contributed by atoms with E-state index in [-0.39, 0.29) is 17.4 Å². The minimum atomic E-state index is -3.90. The number of carbonyl (C=O) groups is 1. The van der Waals surface area contributed by atoms with Gasteiger partial charge >= 0.3 is 0 Å². The zero-order valence-corrected chi connectivity index (χ0v) is 15.7. The Balaban J connectivity index is 2.04. The van der Waals surface area contributed by atoms with E-state index in [1.807, 2.05) is 13.8 Å². The smallest absolute Gasteiger partial charge is 0.264 e. The third-order valence-electron chi connectivity index (χ3n) is 3.03. The van der Waals surface area contributed by atoms with E-state index in [9.17, 15) is 13.2 Å². The molecule has 0 saturated heterocycles. The van der Waals surface area contributed by atoms with Crippen molar-refractivity contribution in [2.75, 3.05) is 0 Å². The Labute approximate surface area is 150 Å². The Hall–Kier alpha value is -1.86. The van der Waals surface area contributed by atoms with Crippen molar-refractivity contribution in [3.8, 4) is 5.75 Å². The topological polar surface area (TPSA) is 72.5 Å². The lowest BCUT2D eigenvalue weighted by Gasteiger charge is -2.11. The number of hydrogen-bond acceptors (Lipinski definition) is 4. The lowest BCUT2D eigenvalue weighted by molar-refractivity contribution is -0.118. The molecular formula is C17H18BrNO4S. The first-order chi connectivity index (χ1) is 11.3. The highest BCUT2D eigenvalue weighted by atomic mass is 79.9. The summed E-state index contributed by atoms with van der Waals surface area (Å²) in [6.07, 6.45) is -0.0146. The van der Waals surface area contributed by atoms with E-state index in [0.29, 0.717) is 5.75 Å². The van der Waals surface area contributed by atoms with Gasteiger partial charge in [0.15, 0.2) is 0 Å². The number of benzene rings is 2.